The highest BCUT2D eigenvalue weighted by atomic mass is 16.5. The molecule has 0 radical (unpaired) electrons. The number of hydrogen-bond acceptors (Lipinski definition) is 7. The average molecular weight is 569 g/mol. The number of nitrogens with one attached hydrogen (secondary N) is 1. The Bertz CT molecular complexity index is 1570. The van der Waals surface area contributed by atoms with Crippen molar-refractivity contribution in [3.05, 3.63) is 70.9 Å². The molecule has 218 valence electrons. The minimum absolute atomic E-state index is 0.0660. The monoisotopic (exact) mass is 568 g/mol. The van der Waals surface area contributed by atoms with E-state index in [-0.39, 0.29) is 29.8 Å². The molecule has 1 aromatic heterocycles. The minimum Gasteiger partial charge on any atom is -0.489 e. The number of fused-ring (bicyclic) bond motifs is 2. The number of pyridine rings is 1. The van der Waals surface area contributed by atoms with Crippen molar-refractivity contribution in [2.45, 2.75) is 69.7 Å². The molecule has 4 aliphatic heterocycles. The Morgan fingerprint density at radius 2 is 1.90 bits per heavy atom. The summed E-state index contributed by atoms with van der Waals surface area (Å²) >= 11 is 0. The molecule has 2 atom stereocenters. The summed E-state index contributed by atoms with van der Waals surface area (Å²) in [5.41, 5.74) is 5.00. The van der Waals surface area contributed by atoms with E-state index in [1.54, 1.807) is 11.0 Å². The Morgan fingerprint density at radius 3 is 2.74 bits per heavy atom. The first-order valence-corrected chi connectivity index (χ1v) is 15.0. The predicted molar refractivity (Wildman–Crippen MR) is 156 cm³/mol. The van der Waals surface area contributed by atoms with Gasteiger partial charge in [-0.1, -0.05) is 19.1 Å². The minimum atomic E-state index is -0.612. The van der Waals surface area contributed by atoms with Gasteiger partial charge in [0.2, 0.25) is 11.8 Å². The smallest absolute Gasteiger partial charge is 0.255 e. The van der Waals surface area contributed by atoms with Gasteiger partial charge in [0.15, 0.2) is 0 Å². The van der Waals surface area contributed by atoms with E-state index < -0.39 is 11.9 Å². The number of benzene rings is 2. The second-order valence-electron chi connectivity index (χ2n) is 12.4. The largest absolute Gasteiger partial charge is 0.489 e. The SMILES string of the molecule is CC1(c2ccc3cc(CN4CC[C@H](Oc5ccc6c(c5)CN(C5CCC(=O)NC5=O)C6=O)C4)ccc3n2)CCOCC1. The number of aromatic nitrogens is 1. The molecule has 3 aromatic rings. The molecule has 0 spiro atoms. The van der Waals surface area contributed by atoms with Crippen molar-refractivity contribution in [1.82, 2.24) is 20.1 Å². The zero-order valence-electron chi connectivity index (χ0n) is 23.9. The van der Waals surface area contributed by atoms with E-state index in [0.29, 0.717) is 18.5 Å². The molecule has 0 saturated carbocycles. The predicted octanol–water partition coefficient (Wildman–Crippen LogP) is 3.72. The van der Waals surface area contributed by atoms with Gasteiger partial charge in [-0.3, -0.25) is 29.6 Å². The number of amides is 3. The fourth-order valence-electron chi connectivity index (χ4n) is 6.80. The van der Waals surface area contributed by atoms with Crippen LogP contribution < -0.4 is 10.1 Å². The lowest BCUT2D eigenvalue weighted by Crippen LogP contribution is -2.52. The molecule has 42 heavy (non-hydrogen) atoms. The van der Waals surface area contributed by atoms with Crippen molar-refractivity contribution in [1.29, 1.82) is 0 Å². The molecular formula is C33H36N4O5. The number of carbonyl (C=O) groups excluding carboxylic acids is 3. The topological polar surface area (TPSA) is 101 Å². The summed E-state index contributed by atoms with van der Waals surface area (Å²) in [5.74, 6) is -0.109. The summed E-state index contributed by atoms with van der Waals surface area (Å²) in [6.07, 6.45) is 3.61. The van der Waals surface area contributed by atoms with Gasteiger partial charge in [-0.25, -0.2) is 0 Å². The normalized spacial score (nSPS) is 24.2. The highest BCUT2D eigenvalue weighted by molar-refractivity contribution is 6.05. The molecule has 3 amide bonds. The van der Waals surface area contributed by atoms with Gasteiger partial charge in [-0.2, -0.15) is 0 Å². The number of likely N-dealkylation sites (tertiary alicyclic amines) is 1. The molecule has 5 heterocycles. The van der Waals surface area contributed by atoms with Crippen molar-refractivity contribution in [3.8, 4) is 5.75 Å². The third kappa shape index (κ3) is 5.16. The molecule has 0 aliphatic carbocycles. The van der Waals surface area contributed by atoms with E-state index in [4.69, 9.17) is 14.5 Å². The zero-order chi connectivity index (χ0) is 28.8. The van der Waals surface area contributed by atoms with Crippen molar-refractivity contribution >= 4 is 28.6 Å². The maximum Gasteiger partial charge on any atom is 0.255 e. The molecule has 1 N–H and O–H groups in total. The number of ether oxygens (including phenoxy) is 2. The molecule has 2 aromatic carbocycles. The first-order chi connectivity index (χ1) is 20.3. The van der Waals surface area contributed by atoms with Gasteiger partial charge in [0, 0.05) is 67.9 Å². The van der Waals surface area contributed by atoms with Crippen LogP contribution in [0.1, 0.15) is 66.2 Å². The average Bonchev–Trinajstić information content (AvgIpc) is 3.56. The van der Waals surface area contributed by atoms with E-state index in [2.05, 4.69) is 47.5 Å². The van der Waals surface area contributed by atoms with Crippen LogP contribution in [-0.2, 0) is 32.8 Å². The third-order valence-electron chi connectivity index (χ3n) is 9.40. The Labute approximate surface area is 245 Å². The Kier molecular flexibility index (Phi) is 6.94. The molecule has 4 aliphatic rings. The molecule has 3 fully saturated rings. The lowest BCUT2D eigenvalue weighted by molar-refractivity contribution is -0.136. The summed E-state index contributed by atoms with van der Waals surface area (Å²) < 4.78 is 11.9. The fraction of sp³-hybridized carbons (Fsp3) is 0.455. The van der Waals surface area contributed by atoms with Crippen LogP contribution >= 0.6 is 0 Å². The quantitative estimate of drug-likeness (QED) is 0.453. The number of carbonyl (C=O) groups is 3. The first kappa shape index (κ1) is 27.0. The van der Waals surface area contributed by atoms with Crippen LogP contribution in [0.15, 0.2) is 48.5 Å². The van der Waals surface area contributed by atoms with Crippen LogP contribution in [0.25, 0.3) is 10.9 Å². The van der Waals surface area contributed by atoms with Gasteiger partial charge in [-0.05, 0) is 73.2 Å². The Balaban J connectivity index is 0.966. The summed E-state index contributed by atoms with van der Waals surface area (Å²) in [6.45, 7) is 6.87. The molecule has 9 heteroatoms. The van der Waals surface area contributed by atoms with Gasteiger partial charge in [0.05, 0.1) is 5.52 Å². The molecule has 7 rings (SSSR count). The van der Waals surface area contributed by atoms with Gasteiger partial charge < -0.3 is 14.4 Å². The lowest BCUT2D eigenvalue weighted by Gasteiger charge is -2.33. The van der Waals surface area contributed by atoms with Gasteiger partial charge >= 0.3 is 0 Å². The van der Waals surface area contributed by atoms with Crippen LogP contribution in [0.5, 0.6) is 5.75 Å². The van der Waals surface area contributed by atoms with Crippen LogP contribution in [0.2, 0.25) is 0 Å². The van der Waals surface area contributed by atoms with E-state index >= 15 is 0 Å². The van der Waals surface area contributed by atoms with Crippen LogP contribution in [0.4, 0.5) is 0 Å². The summed E-state index contributed by atoms with van der Waals surface area (Å²) in [6, 6.07) is 15.9. The Morgan fingerprint density at radius 1 is 1.05 bits per heavy atom. The van der Waals surface area contributed by atoms with E-state index in [1.165, 1.54) is 5.56 Å². The van der Waals surface area contributed by atoms with E-state index in [9.17, 15) is 14.4 Å². The summed E-state index contributed by atoms with van der Waals surface area (Å²) in [5, 5.41) is 3.52. The van der Waals surface area contributed by atoms with Crippen LogP contribution in [0, 0.1) is 0 Å². The maximum atomic E-state index is 13.0. The number of rotatable bonds is 6. The second kappa shape index (κ2) is 10.8. The fourth-order valence-corrected chi connectivity index (χ4v) is 6.80. The highest BCUT2D eigenvalue weighted by Gasteiger charge is 2.39. The van der Waals surface area contributed by atoms with E-state index in [0.717, 1.165) is 80.0 Å². The number of imide groups is 1. The van der Waals surface area contributed by atoms with E-state index in [1.807, 2.05) is 12.1 Å². The molecular weight excluding hydrogens is 532 g/mol. The highest BCUT2D eigenvalue weighted by Crippen LogP contribution is 2.34. The zero-order valence-corrected chi connectivity index (χ0v) is 23.9. The number of nitrogens with zero attached hydrogens (tertiary/aromatic N) is 3. The van der Waals surface area contributed by atoms with Crippen molar-refractivity contribution < 1.29 is 23.9 Å². The van der Waals surface area contributed by atoms with Gasteiger partial charge in [-0.15, -0.1) is 0 Å². The van der Waals surface area contributed by atoms with Crippen molar-refractivity contribution in [2.24, 2.45) is 0 Å². The maximum absolute atomic E-state index is 13.0. The standard InChI is InChI=1S/C33H36N4O5/c1-33(11-14-41-15-12-33)29-8-3-22-16-21(2-6-27(22)34-29)18-36-13-10-25(20-36)42-24-4-5-26-23(17-24)19-37(32(26)40)28-7-9-30(38)35-31(28)39/h2-6,8,16-17,25,28H,7,9-15,18-20H2,1H3,(H,35,38,39)/t25-,28?/m0/s1. The molecule has 9 nitrogen and oxygen atoms in total. The van der Waals surface area contributed by atoms with Crippen molar-refractivity contribution in [2.75, 3.05) is 26.3 Å². The first-order valence-electron chi connectivity index (χ1n) is 15.0. The number of hydrogen-bond donors (Lipinski definition) is 1. The van der Waals surface area contributed by atoms with Gasteiger partial charge in [0.1, 0.15) is 17.9 Å². The summed E-state index contributed by atoms with van der Waals surface area (Å²) in [4.78, 5) is 45.9. The molecule has 1 unspecified atom stereocenters. The lowest BCUT2D eigenvalue weighted by atomic mass is 9.79. The van der Waals surface area contributed by atoms with Crippen molar-refractivity contribution in [3.63, 3.8) is 0 Å². The number of piperidine rings is 1. The molecule has 3 saturated heterocycles. The van der Waals surface area contributed by atoms with Crippen LogP contribution in [0.3, 0.4) is 0 Å². The van der Waals surface area contributed by atoms with Crippen LogP contribution in [-0.4, -0.2) is 71.0 Å². The summed E-state index contributed by atoms with van der Waals surface area (Å²) in [7, 11) is 0. The molecule has 0 bridgehead atoms. The van der Waals surface area contributed by atoms with Gasteiger partial charge in [0.25, 0.3) is 5.91 Å². The Hall–Kier alpha value is -3.82. The second-order valence-corrected chi connectivity index (χ2v) is 12.4. The third-order valence-corrected chi connectivity index (χ3v) is 9.40.